The molecule has 128 valence electrons. The largest absolute Gasteiger partial charge is 0.454 e. The number of hydrogen-bond donors (Lipinski definition) is 2. The number of amides is 1. The Morgan fingerprint density at radius 3 is 2.64 bits per heavy atom. The highest BCUT2D eigenvalue weighted by Crippen LogP contribution is 2.37. The van der Waals surface area contributed by atoms with E-state index in [0.29, 0.717) is 11.3 Å². The van der Waals surface area contributed by atoms with Crippen molar-refractivity contribution in [1.82, 2.24) is 5.43 Å². The monoisotopic (exact) mass is 343 g/mol. The van der Waals surface area contributed by atoms with Crippen molar-refractivity contribution in [3.05, 3.63) is 63.7 Å². The molecule has 0 bridgehead atoms. The Bertz CT molecular complexity index is 837. The second kappa shape index (κ2) is 6.97. The highest BCUT2D eigenvalue weighted by molar-refractivity contribution is 5.89. The Morgan fingerprint density at radius 2 is 1.96 bits per heavy atom. The van der Waals surface area contributed by atoms with E-state index < -0.39 is 16.9 Å². The lowest BCUT2D eigenvalue weighted by Crippen LogP contribution is -2.25. The summed E-state index contributed by atoms with van der Waals surface area (Å²) in [5, 5.41) is 24.7. The molecular weight excluding hydrogens is 330 g/mol. The third-order valence-corrected chi connectivity index (χ3v) is 3.46. The maximum absolute atomic E-state index is 11.9. The van der Waals surface area contributed by atoms with Crippen molar-refractivity contribution in [2.45, 2.75) is 6.10 Å². The lowest BCUT2D eigenvalue weighted by Gasteiger charge is -2.08. The average Bonchev–Trinajstić information content (AvgIpc) is 3.08. The fraction of sp³-hybridized carbons (Fsp3) is 0.125. The van der Waals surface area contributed by atoms with Gasteiger partial charge in [0.1, 0.15) is 0 Å². The molecule has 2 N–H and O–H groups in total. The number of aliphatic hydroxyl groups is 1. The molecule has 0 radical (unpaired) electrons. The summed E-state index contributed by atoms with van der Waals surface area (Å²) in [6.45, 7) is -0.0207. The average molecular weight is 343 g/mol. The van der Waals surface area contributed by atoms with E-state index in [1.165, 1.54) is 12.1 Å². The van der Waals surface area contributed by atoms with Crippen LogP contribution >= 0.6 is 0 Å². The molecular formula is C16H13N3O6. The summed E-state index contributed by atoms with van der Waals surface area (Å²) in [6.07, 6.45) is -0.291. The highest BCUT2D eigenvalue weighted by Gasteiger charge is 2.22. The van der Waals surface area contributed by atoms with E-state index in [4.69, 9.17) is 9.47 Å². The quantitative estimate of drug-likeness (QED) is 0.482. The van der Waals surface area contributed by atoms with Gasteiger partial charge in [0, 0.05) is 0 Å². The van der Waals surface area contributed by atoms with Crippen molar-refractivity contribution in [3.63, 3.8) is 0 Å². The zero-order chi connectivity index (χ0) is 17.8. The predicted molar refractivity (Wildman–Crippen MR) is 86.4 cm³/mol. The van der Waals surface area contributed by atoms with Crippen LogP contribution in [0.5, 0.6) is 11.5 Å². The number of hydrazone groups is 1. The molecule has 0 unspecified atom stereocenters. The van der Waals surface area contributed by atoms with E-state index in [9.17, 15) is 20.0 Å². The summed E-state index contributed by atoms with van der Waals surface area (Å²) in [4.78, 5) is 22.4. The molecule has 1 heterocycles. The van der Waals surface area contributed by atoms with E-state index >= 15 is 0 Å². The van der Waals surface area contributed by atoms with Crippen molar-refractivity contribution in [2.24, 2.45) is 5.10 Å². The number of hydrogen-bond acceptors (Lipinski definition) is 7. The summed E-state index contributed by atoms with van der Waals surface area (Å²) in [6, 6.07) is 10.9. The third-order valence-electron chi connectivity index (χ3n) is 3.46. The maximum Gasteiger partial charge on any atom is 0.282 e. The van der Waals surface area contributed by atoms with Gasteiger partial charge in [-0.15, -0.1) is 0 Å². The van der Waals surface area contributed by atoms with Crippen LogP contribution in [0.2, 0.25) is 0 Å². The number of nitrogens with zero attached hydrogens (tertiary/aromatic N) is 2. The van der Waals surface area contributed by atoms with Gasteiger partial charge in [0.25, 0.3) is 11.6 Å². The van der Waals surface area contributed by atoms with E-state index in [-0.39, 0.29) is 23.8 Å². The minimum Gasteiger partial charge on any atom is -0.454 e. The van der Waals surface area contributed by atoms with Gasteiger partial charge in [-0.3, -0.25) is 14.9 Å². The van der Waals surface area contributed by atoms with Gasteiger partial charge in [-0.25, -0.2) is 5.43 Å². The van der Waals surface area contributed by atoms with Crippen molar-refractivity contribution in [3.8, 4) is 11.5 Å². The lowest BCUT2D eigenvalue weighted by atomic mass is 10.1. The van der Waals surface area contributed by atoms with Gasteiger partial charge >= 0.3 is 0 Å². The van der Waals surface area contributed by atoms with Gasteiger partial charge in [-0.05, 0) is 11.6 Å². The second-order valence-electron chi connectivity index (χ2n) is 5.07. The van der Waals surface area contributed by atoms with Gasteiger partial charge < -0.3 is 14.6 Å². The molecule has 25 heavy (non-hydrogen) atoms. The number of nitrogens with one attached hydrogen (secondary N) is 1. The smallest absolute Gasteiger partial charge is 0.282 e. The van der Waals surface area contributed by atoms with E-state index in [0.717, 1.165) is 6.21 Å². The van der Waals surface area contributed by atoms with Crippen LogP contribution in [-0.4, -0.2) is 28.9 Å². The molecule has 1 aliphatic rings. The molecule has 0 saturated carbocycles. The summed E-state index contributed by atoms with van der Waals surface area (Å²) >= 11 is 0. The van der Waals surface area contributed by atoms with Gasteiger partial charge in [0.05, 0.1) is 22.8 Å². The zero-order valence-corrected chi connectivity index (χ0v) is 12.8. The normalized spacial score (nSPS) is 13.6. The fourth-order valence-corrected chi connectivity index (χ4v) is 2.22. The SMILES string of the molecule is O=C(NN=Cc1cc2c(cc1[N+](=O)[O-])OCO2)[C@H](O)c1ccccc1. The third kappa shape index (κ3) is 3.56. The van der Waals surface area contributed by atoms with Crippen LogP contribution in [0, 0.1) is 10.1 Å². The Hall–Kier alpha value is -3.46. The maximum atomic E-state index is 11.9. The summed E-state index contributed by atoms with van der Waals surface area (Å²) in [5.41, 5.74) is 2.44. The second-order valence-corrected chi connectivity index (χ2v) is 5.07. The molecule has 9 nitrogen and oxygen atoms in total. The number of rotatable bonds is 5. The predicted octanol–water partition coefficient (Wildman–Crippen LogP) is 1.51. The molecule has 9 heteroatoms. The molecule has 2 aromatic carbocycles. The molecule has 0 aliphatic carbocycles. The summed E-state index contributed by atoms with van der Waals surface area (Å²) < 4.78 is 10.3. The van der Waals surface area contributed by atoms with Gasteiger partial charge in [0.15, 0.2) is 17.6 Å². The number of benzene rings is 2. The van der Waals surface area contributed by atoms with Crippen molar-refractivity contribution >= 4 is 17.8 Å². The molecule has 1 atom stereocenters. The highest BCUT2D eigenvalue weighted by atomic mass is 16.7. The Morgan fingerprint density at radius 1 is 1.28 bits per heavy atom. The first-order chi connectivity index (χ1) is 12.1. The van der Waals surface area contributed by atoms with Crippen LogP contribution in [-0.2, 0) is 4.79 Å². The molecule has 1 amide bonds. The Kier molecular flexibility index (Phi) is 4.57. The van der Waals surface area contributed by atoms with Gasteiger partial charge in [0.2, 0.25) is 6.79 Å². The van der Waals surface area contributed by atoms with Crippen molar-refractivity contribution in [1.29, 1.82) is 0 Å². The molecule has 1 aliphatic heterocycles. The lowest BCUT2D eigenvalue weighted by molar-refractivity contribution is -0.385. The molecule has 0 saturated heterocycles. The van der Waals surface area contributed by atoms with Crippen molar-refractivity contribution < 1.29 is 24.3 Å². The van der Waals surface area contributed by atoms with Crippen LogP contribution in [0.25, 0.3) is 0 Å². The number of carbonyl (C=O) groups is 1. The number of fused-ring (bicyclic) bond motifs is 1. The molecule has 0 aromatic heterocycles. The number of nitro benzene ring substituents is 1. The molecule has 0 fully saturated rings. The van der Waals surface area contributed by atoms with Gasteiger partial charge in [-0.1, -0.05) is 30.3 Å². The minimum atomic E-state index is -1.40. The van der Waals surface area contributed by atoms with E-state index in [2.05, 4.69) is 10.5 Å². The van der Waals surface area contributed by atoms with E-state index in [1.54, 1.807) is 30.3 Å². The zero-order valence-electron chi connectivity index (χ0n) is 12.8. The van der Waals surface area contributed by atoms with Crippen LogP contribution in [0.4, 0.5) is 5.69 Å². The first-order valence-corrected chi connectivity index (χ1v) is 7.20. The number of ether oxygens (including phenoxy) is 2. The van der Waals surface area contributed by atoms with Crippen LogP contribution in [0.1, 0.15) is 17.2 Å². The number of aliphatic hydroxyl groups excluding tert-OH is 1. The summed E-state index contributed by atoms with van der Waals surface area (Å²) in [7, 11) is 0. The first-order valence-electron chi connectivity index (χ1n) is 7.20. The molecule has 0 spiro atoms. The molecule has 2 aromatic rings. The van der Waals surface area contributed by atoms with Gasteiger partial charge in [-0.2, -0.15) is 5.10 Å². The number of carbonyl (C=O) groups excluding carboxylic acids is 1. The molecule has 3 rings (SSSR count). The fourth-order valence-electron chi connectivity index (χ4n) is 2.22. The van der Waals surface area contributed by atoms with E-state index in [1.807, 2.05) is 0 Å². The first kappa shape index (κ1) is 16.4. The standard InChI is InChI=1S/C16H13N3O6/c20-15(10-4-2-1-3-5-10)16(21)18-17-8-11-6-13-14(25-9-24-13)7-12(11)19(22)23/h1-8,15,20H,9H2,(H,18,21)/t15-/m1/s1. The topological polar surface area (TPSA) is 123 Å². The van der Waals surface area contributed by atoms with Crippen molar-refractivity contribution in [2.75, 3.05) is 6.79 Å². The summed E-state index contributed by atoms with van der Waals surface area (Å²) in [5.74, 6) is -0.138. The van der Waals surface area contributed by atoms with Crippen LogP contribution in [0.15, 0.2) is 47.6 Å². The number of nitro groups is 1. The van der Waals surface area contributed by atoms with Crippen LogP contribution in [0.3, 0.4) is 0 Å². The Balaban J connectivity index is 1.74. The Labute approximate surface area is 141 Å². The minimum absolute atomic E-state index is 0.0207. The van der Waals surface area contributed by atoms with Crippen LogP contribution < -0.4 is 14.9 Å².